The summed E-state index contributed by atoms with van der Waals surface area (Å²) in [7, 11) is 0. The van der Waals surface area contributed by atoms with E-state index in [0.29, 0.717) is 0 Å². The van der Waals surface area contributed by atoms with Gasteiger partial charge in [0.15, 0.2) is 0 Å². The van der Waals surface area contributed by atoms with Gasteiger partial charge in [-0.25, -0.2) is 0 Å². The first-order chi connectivity index (χ1) is 3.45. The summed E-state index contributed by atoms with van der Waals surface area (Å²) in [4.78, 5) is 0. The van der Waals surface area contributed by atoms with Gasteiger partial charge in [-0.2, -0.15) is 0 Å². The van der Waals surface area contributed by atoms with Crippen LogP contribution in [0.2, 0.25) is 0 Å². The number of rotatable bonds is 0. The van der Waals surface area contributed by atoms with Crippen LogP contribution in [0.1, 0.15) is 6.42 Å². The lowest BCUT2D eigenvalue weighted by Gasteiger charge is -1.79. The van der Waals surface area contributed by atoms with Crippen molar-refractivity contribution in [2.45, 2.75) is 29.1 Å². The molecule has 38 valence electrons. The largest absolute Gasteiger partial charge is 0.368 e. The van der Waals surface area contributed by atoms with Crippen molar-refractivity contribution in [3.63, 3.8) is 0 Å². The molecule has 2 heterocycles. The van der Waals surface area contributed by atoms with E-state index in [4.69, 9.17) is 4.74 Å². The normalized spacial score (nSPS) is 72.0. The van der Waals surface area contributed by atoms with Crippen LogP contribution in [0.15, 0.2) is 0 Å². The minimum atomic E-state index is 0.718. The van der Waals surface area contributed by atoms with Crippen molar-refractivity contribution in [3.8, 4) is 0 Å². The molecule has 0 N–H and O–H groups in total. The van der Waals surface area contributed by atoms with Crippen LogP contribution in [-0.2, 0) is 4.74 Å². The lowest BCUT2D eigenvalue weighted by atomic mass is 10.4. The Labute approximate surface area is 46.4 Å². The summed E-state index contributed by atoms with van der Waals surface area (Å²) in [5, 5.41) is 1.98. The highest BCUT2D eigenvalue weighted by Gasteiger charge is 2.64. The van der Waals surface area contributed by atoms with E-state index in [1.54, 1.807) is 0 Å². The molecule has 0 aromatic heterocycles. The first-order valence-corrected chi connectivity index (χ1v) is 3.70. The fourth-order valence-corrected chi connectivity index (χ4v) is 2.77. The molecule has 2 heteroatoms. The zero-order valence-corrected chi connectivity index (χ0v) is 4.65. The SMILES string of the molecule is C1C2OC2C2SC12. The monoisotopic (exact) mass is 114 g/mol. The highest BCUT2D eigenvalue weighted by molar-refractivity contribution is 8.07. The number of hydrogen-bond acceptors (Lipinski definition) is 2. The lowest BCUT2D eigenvalue weighted by molar-refractivity contribution is 0.342. The maximum absolute atomic E-state index is 5.29. The summed E-state index contributed by atoms with van der Waals surface area (Å²) in [5.41, 5.74) is 0. The number of epoxide rings is 1. The molecule has 1 nitrogen and oxygen atoms in total. The summed E-state index contributed by atoms with van der Waals surface area (Å²) in [6.07, 6.45) is 2.80. The van der Waals surface area contributed by atoms with Crippen LogP contribution in [0.3, 0.4) is 0 Å². The smallest absolute Gasteiger partial charge is 0.0971 e. The Bertz CT molecular complexity index is 111. The Kier molecular flexibility index (Phi) is 0.364. The average molecular weight is 114 g/mol. The summed E-state index contributed by atoms with van der Waals surface area (Å²) in [5.74, 6) is 0. The fraction of sp³-hybridized carbons (Fsp3) is 1.00. The molecule has 1 aliphatic carbocycles. The molecule has 4 atom stereocenters. The molecule has 0 aromatic rings. The Balaban J connectivity index is 2.02. The topological polar surface area (TPSA) is 12.5 Å². The van der Waals surface area contributed by atoms with Crippen LogP contribution in [0.5, 0.6) is 0 Å². The molecule has 0 bridgehead atoms. The molecular formula is C5H6OS. The van der Waals surface area contributed by atoms with Crippen molar-refractivity contribution in [3.05, 3.63) is 0 Å². The second kappa shape index (κ2) is 0.759. The van der Waals surface area contributed by atoms with E-state index in [0.717, 1.165) is 22.7 Å². The zero-order chi connectivity index (χ0) is 4.43. The van der Waals surface area contributed by atoms with Crippen molar-refractivity contribution in [2.24, 2.45) is 0 Å². The van der Waals surface area contributed by atoms with Gasteiger partial charge >= 0.3 is 0 Å². The van der Waals surface area contributed by atoms with E-state index < -0.39 is 0 Å². The quantitative estimate of drug-likeness (QED) is 0.428. The van der Waals surface area contributed by atoms with Gasteiger partial charge < -0.3 is 4.74 Å². The Hall–Kier alpha value is 0.310. The van der Waals surface area contributed by atoms with Gasteiger partial charge in [-0.15, -0.1) is 11.8 Å². The molecule has 4 unspecified atom stereocenters. The van der Waals surface area contributed by atoms with Gasteiger partial charge in [-0.05, 0) is 6.42 Å². The van der Waals surface area contributed by atoms with Gasteiger partial charge in [-0.1, -0.05) is 0 Å². The van der Waals surface area contributed by atoms with Gasteiger partial charge in [0.05, 0.1) is 12.2 Å². The zero-order valence-electron chi connectivity index (χ0n) is 3.83. The van der Waals surface area contributed by atoms with Crippen LogP contribution in [0, 0.1) is 0 Å². The Morgan fingerprint density at radius 1 is 1.57 bits per heavy atom. The number of fused-ring (bicyclic) bond motifs is 3. The molecule has 3 fully saturated rings. The van der Waals surface area contributed by atoms with Crippen molar-refractivity contribution >= 4 is 11.8 Å². The maximum Gasteiger partial charge on any atom is 0.0971 e. The predicted octanol–water partition coefficient (Wildman–Crippen LogP) is 0.641. The molecular weight excluding hydrogens is 108 g/mol. The van der Waals surface area contributed by atoms with E-state index in [1.807, 2.05) is 0 Å². The van der Waals surface area contributed by atoms with E-state index in [-0.39, 0.29) is 0 Å². The molecule has 3 aliphatic rings. The average Bonchev–Trinajstić information content (AvgIpc) is 2.47. The third-order valence-corrected chi connectivity index (χ3v) is 3.46. The van der Waals surface area contributed by atoms with Crippen LogP contribution in [-0.4, -0.2) is 22.7 Å². The standard InChI is InChI=1S/C5H6OS/c1-2-4(6-2)5-3(1)7-5/h2-5H,1H2. The van der Waals surface area contributed by atoms with Crippen LogP contribution in [0.4, 0.5) is 0 Å². The first-order valence-electron chi connectivity index (χ1n) is 2.76. The molecule has 0 aromatic carbocycles. The molecule has 3 rings (SSSR count). The fourth-order valence-electron chi connectivity index (χ4n) is 1.50. The molecule has 1 saturated carbocycles. The summed E-state index contributed by atoms with van der Waals surface area (Å²) >= 11 is 2.10. The molecule has 2 aliphatic heterocycles. The van der Waals surface area contributed by atoms with Gasteiger partial charge in [0.2, 0.25) is 0 Å². The maximum atomic E-state index is 5.29. The lowest BCUT2D eigenvalue weighted by Crippen LogP contribution is -1.91. The van der Waals surface area contributed by atoms with Gasteiger partial charge in [0, 0.05) is 10.5 Å². The van der Waals surface area contributed by atoms with Crippen LogP contribution < -0.4 is 0 Å². The highest BCUT2D eigenvalue weighted by atomic mass is 32.2. The van der Waals surface area contributed by atoms with E-state index in [1.165, 1.54) is 6.42 Å². The van der Waals surface area contributed by atoms with Gasteiger partial charge in [0.25, 0.3) is 0 Å². The molecule has 0 spiro atoms. The van der Waals surface area contributed by atoms with Crippen LogP contribution >= 0.6 is 11.8 Å². The van der Waals surface area contributed by atoms with Gasteiger partial charge in [-0.3, -0.25) is 0 Å². The van der Waals surface area contributed by atoms with E-state index in [2.05, 4.69) is 11.8 Å². The third kappa shape index (κ3) is 0.284. The second-order valence-corrected chi connectivity index (χ2v) is 3.94. The molecule has 0 radical (unpaired) electrons. The predicted molar refractivity (Wildman–Crippen MR) is 28.4 cm³/mol. The van der Waals surface area contributed by atoms with Crippen molar-refractivity contribution < 1.29 is 4.74 Å². The van der Waals surface area contributed by atoms with E-state index in [9.17, 15) is 0 Å². The minimum Gasteiger partial charge on any atom is -0.368 e. The Morgan fingerprint density at radius 3 is 3.00 bits per heavy atom. The van der Waals surface area contributed by atoms with Crippen LogP contribution in [0.25, 0.3) is 0 Å². The van der Waals surface area contributed by atoms with Crippen molar-refractivity contribution in [2.75, 3.05) is 0 Å². The highest BCUT2D eigenvalue weighted by Crippen LogP contribution is 2.61. The summed E-state index contributed by atoms with van der Waals surface area (Å²) in [6.45, 7) is 0. The molecule has 7 heavy (non-hydrogen) atoms. The first kappa shape index (κ1) is 3.36. The summed E-state index contributed by atoms with van der Waals surface area (Å²) < 4.78 is 5.29. The number of ether oxygens (including phenoxy) is 1. The molecule has 0 amide bonds. The Morgan fingerprint density at radius 2 is 2.57 bits per heavy atom. The van der Waals surface area contributed by atoms with Gasteiger partial charge in [0.1, 0.15) is 0 Å². The number of hydrogen-bond donors (Lipinski definition) is 0. The van der Waals surface area contributed by atoms with E-state index >= 15 is 0 Å². The second-order valence-electron chi connectivity index (χ2n) is 2.51. The number of thioether (sulfide) groups is 1. The van der Waals surface area contributed by atoms with Crippen molar-refractivity contribution in [1.82, 2.24) is 0 Å². The minimum absolute atomic E-state index is 0.718. The molecule has 2 saturated heterocycles. The summed E-state index contributed by atoms with van der Waals surface area (Å²) in [6, 6.07) is 0. The third-order valence-electron chi connectivity index (χ3n) is 2.03. The van der Waals surface area contributed by atoms with Crippen molar-refractivity contribution in [1.29, 1.82) is 0 Å².